The van der Waals surface area contributed by atoms with E-state index in [1.807, 2.05) is 45.2 Å². The second-order valence-electron chi connectivity index (χ2n) is 8.64. The maximum absolute atomic E-state index is 6.10. The number of nitrogens with one attached hydrogen (secondary N) is 1. The first-order valence-electron chi connectivity index (χ1n) is 11.2. The summed E-state index contributed by atoms with van der Waals surface area (Å²) in [6.45, 7) is 8.05. The molecule has 5 nitrogen and oxygen atoms in total. The number of fused-ring (bicyclic) bond motifs is 1. The van der Waals surface area contributed by atoms with E-state index in [9.17, 15) is 0 Å². The Labute approximate surface area is 203 Å². The molecule has 170 valence electrons. The highest BCUT2D eigenvalue weighted by atomic mass is 35.5. The zero-order valence-electron chi connectivity index (χ0n) is 19.6. The van der Waals surface area contributed by atoms with Crippen LogP contribution in [0, 0.1) is 20.8 Å². The largest absolute Gasteiger partial charge is 0.464 e. The van der Waals surface area contributed by atoms with E-state index >= 15 is 0 Å². The maximum Gasteiger partial charge on any atom is 0.134 e. The number of anilines is 1. The molecule has 0 bridgehead atoms. The van der Waals surface area contributed by atoms with Crippen molar-refractivity contribution in [3.8, 4) is 22.4 Å². The lowest BCUT2D eigenvalue weighted by atomic mass is 10.0. The summed E-state index contributed by atoms with van der Waals surface area (Å²) < 4.78 is 5.59. The first-order chi connectivity index (χ1) is 16.4. The van der Waals surface area contributed by atoms with E-state index in [0.717, 1.165) is 55.9 Å². The molecule has 6 heteroatoms. The Morgan fingerprint density at radius 2 is 1.74 bits per heavy atom. The van der Waals surface area contributed by atoms with Gasteiger partial charge in [0.15, 0.2) is 0 Å². The SMILES string of the molecule is Cc1nc(N[C@@H](C)c2cccc(-c3cnc(Cl)c(C)c3)c2)cc(-c2ccc3occ(C)c3c2)n1. The van der Waals surface area contributed by atoms with E-state index in [2.05, 4.69) is 63.6 Å². The molecule has 5 aromatic rings. The lowest BCUT2D eigenvalue weighted by Gasteiger charge is -2.17. The summed E-state index contributed by atoms with van der Waals surface area (Å²) in [5.41, 5.74) is 8.15. The third-order valence-electron chi connectivity index (χ3n) is 6.00. The molecule has 0 aliphatic heterocycles. The van der Waals surface area contributed by atoms with Crippen LogP contribution in [0.1, 0.15) is 35.5 Å². The number of halogens is 1. The first-order valence-corrected chi connectivity index (χ1v) is 11.6. The third-order valence-corrected chi connectivity index (χ3v) is 6.40. The molecule has 0 saturated heterocycles. The van der Waals surface area contributed by atoms with Crippen LogP contribution in [-0.2, 0) is 0 Å². The first kappa shape index (κ1) is 22.1. The molecule has 0 aliphatic rings. The van der Waals surface area contributed by atoms with Crippen molar-refractivity contribution >= 4 is 28.4 Å². The monoisotopic (exact) mass is 468 g/mol. The molecule has 0 saturated carbocycles. The van der Waals surface area contributed by atoms with Crippen LogP contribution in [0.5, 0.6) is 0 Å². The van der Waals surface area contributed by atoms with Gasteiger partial charge in [0.1, 0.15) is 22.4 Å². The van der Waals surface area contributed by atoms with Gasteiger partial charge in [-0.25, -0.2) is 15.0 Å². The van der Waals surface area contributed by atoms with Crippen LogP contribution in [0.4, 0.5) is 5.82 Å². The number of hydrogen-bond donors (Lipinski definition) is 1. The van der Waals surface area contributed by atoms with Crippen molar-refractivity contribution in [3.05, 3.63) is 94.7 Å². The van der Waals surface area contributed by atoms with E-state index in [-0.39, 0.29) is 6.04 Å². The normalized spacial score (nSPS) is 12.1. The van der Waals surface area contributed by atoms with Gasteiger partial charge in [0, 0.05) is 34.8 Å². The van der Waals surface area contributed by atoms with Crippen LogP contribution in [-0.4, -0.2) is 15.0 Å². The highest BCUT2D eigenvalue weighted by molar-refractivity contribution is 6.30. The predicted molar refractivity (Wildman–Crippen MR) is 138 cm³/mol. The Hall–Kier alpha value is -3.70. The summed E-state index contributed by atoms with van der Waals surface area (Å²) in [5.74, 6) is 1.50. The molecule has 0 unspecified atom stereocenters. The van der Waals surface area contributed by atoms with Crippen molar-refractivity contribution in [2.45, 2.75) is 33.7 Å². The molecule has 5 rings (SSSR count). The molecule has 0 spiro atoms. The van der Waals surface area contributed by atoms with Gasteiger partial charge in [0.05, 0.1) is 12.0 Å². The molecule has 1 N–H and O–H groups in total. The molecule has 3 heterocycles. The minimum Gasteiger partial charge on any atom is -0.464 e. The summed E-state index contributed by atoms with van der Waals surface area (Å²) in [6.07, 6.45) is 3.59. The number of benzene rings is 2. The van der Waals surface area contributed by atoms with Crippen LogP contribution in [0.2, 0.25) is 5.15 Å². The minimum atomic E-state index is 0.0436. The van der Waals surface area contributed by atoms with Crippen molar-refractivity contribution in [1.82, 2.24) is 15.0 Å². The highest BCUT2D eigenvalue weighted by Crippen LogP contribution is 2.30. The number of pyridine rings is 1. The number of nitrogens with zero attached hydrogens (tertiary/aromatic N) is 3. The molecule has 0 fully saturated rings. The number of rotatable bonds is 5. The lowest BCUT2D eigenvalue weighted by Crippen LogP contribution is -2.09. The summed E-state index contributed by atoms with van der Waals surface area (Å²) in [5, 5.41) is 5.18. The van der Waals surface area contributed by atoms with Gasteiger partial charge in [0.25, 0.3) is 0 Å². The van der Waals surface area contributed by atoms with Crippen LogP contribution < -0.4 is 5.32 Å². The molecule has 3 aromatic heterocycles. The number of hydrogen-bond acceptors (Lipinski definition) is 5. The lowest BCUT2D eigenvalue weighted by molar-refractivity contribution is 0.613. The molecule has 34 heavy (non-hydrogen) atoms. The highest BCUT2D eigenvalue weighted by Gasteiger charge is 2.12. The van der Waals surface area contributed by atoms with E-state index < -0.39 is 0 Å². The number of aromatic nitrogens is 3. The van der Waals surface area contributed by atoms with Crippen molar-refractivity contribution in [1.29, 1.82) is 0 Å². The standard InChI is InChI=1S/C28H25ClN4O/c1-16-10-23(14-30-28(16)29)21-7-5-6-20(11-21)18(3)31-27-13-25(32-19(4)33-27)22-8-9-26-24(12-22)17(2)15-34-26/h5-15,18H,1-4H3,(H,31,32,33)/t18-/m0/s1. The Morgan fingerprint density at radius 3 is 2.56 bits per heavy atom. The van der Waals surface area contributed by atoms with Crippen LogP contribution in [0.15, 0.2) is 71.5 Å². The summed E-state index contributed by atoms with van der Waals surface area (Å²) in [7, 11) is 0. The summed E-state index contributed by atoms with van der Waals surface area (Å²) >= 11 is 6.10. The Bertz CT molecular complexity index is 1510. The van der Waals surface area contributed by atoms with Crippen LogP contribution >= 0.6 is 11.6 Å². The summed E-state index contributed by atoms with van der Waals surface area (Å²) in [6, 6.07) is 18.7. The van der Waals surface area contributed by atoms with Crippen LogP contribution in [0.3, 0.4) is 0 Å². The molecule has 0 amide bonds. The zero-order valence-corrected chi connectivity index (χ0v) is 20.3. The van der Waals surface area contributed by atoms with E-state index in [1.165, 1.54) is 0 Å². The Balaban J connectivity index is 1.42. The average molecular weight is 469 g/mol. The second kappa shape index (κ2) is 8.92. The fraction of sp³-hybridized carbons (Fsp3) is 0.179. The van der Waals surface area contributed by atoms with Gasteiger partial charge >= 0.3 is 0 Å². The van der Waals surface area contributed by atoms with Gasteiger partial charge < -0.3 is 9.73 Å². The quantitative estimate of drug-likeness (QED) is 0.268. The smallest absolute Gasteiger partial charge is 0.134 e. The van der Waals surface area contributed by atoms with E-state index in [4.69, 9.17) is 16.0 Å². The van der Waals surface area contributed by atoms with Crippen molar-refractivity contribution in [2.24, 2.45) is 0 Å². The Kier molecular flexibility index (Phi) is 5.80. The second-order valence-corrected chi connectivity index (χ2v) is 9.00. The maximum atomic E-state index is 6.10. The third kappa shape index (κ3) is 4.39. The van der Waals surface area contributed by atoms with Crippen LogP contribution in [0.25, 0.3) is 33.4 Å². The minimum absolute atomic E-state index is 0.0436. The van der Waals surface area contributed by atoms with Gasteiger partial charge in [-0.3, -0.25) is 0 Å². The fourth-order valence-corrected chi connectivity index (χ4v) is 4.22. The van der Waals surface area contributed by atoms with Gasteiger partial charge in [-0.2, -0.15) is 0 Å². The van der Waals surface area contributed by atoms with E-state index in [1.54, 1.807) is 6.26 Å². The van der Waals surface area contributed by atoms with Gasteiger partial charge in [0.2, 0.25) is 0 Å². The molecule has 0 aliphatic carbocycles. The number of furan rings is 1. The molecular formula is C28H25ClN4O. The summed E-state index contributed by atoms with van der Waals surface area (Å²) in [4.78, 5) is 13.6. The molecular weight excluding hydrogens is 444 g/mol. The van der Waals surface area contributed by atoms with Crippen molar-refractivity contribution in [2.75, 3.05) is 5.32 Å². The van der Waals surface area contributed by atoms with E-state index in [0.29, 0.717) is 11.0 Å². The number of aryl methyl sites for hydroxylation is 3. The zero-order chi connectivity index (χ0) is 23.8. The van der Waals surface area contributed by atoms with Gasteiger partial charge in [-0.05, 0) is 80.3 Å². The topological polar surface area (TPSA) is 63.8 Å². The van der Waals surface area contributed by atoms with Gasteiger partial charge in [-0.15, -0.1) is 0 Å². The fourth-order valence-electron chi connectivity index (χ4n) is 4.11. The Morgan fingerprint density at radius 1 is 0.882 bits per heavy atom. The molecule has 2 aromatic carbocycles. The average Bonchev–Trinajstić information content (AvgIpc) is 3.20. The van der Waals surface area contributed by atoms with Crippen molar-refractivity contribution in [3.63, 3.8) is 0 Å². The van der Waals surface area contributed by atoms with Crippen molar-refractivity contribution < 1.29 is 4.42 Å². The predicted octanol–water partition coefficient (Wildman–Crippen LogP) is 7.70. The molecule has 0 radical (unpaired) electrons. The molecule has 1 atom stereocenters. The van der Waals surface area contributed by atoms with Gasteiger partial charge in [-0.1, -0.05) is 29.8 Å².